The molecule has 0 unspecified atom stereocenters. The molecule has 22 heavy (non-hydrogen) atoms. The molecule has 0 bridgehead atoms. The molecule has 0 radical (unpaired) electrons. The molecule has 1 aromatic heterocycles. The van der Waals surface area contributed by atoms with E-state index < -0.39 is 0 Å². The Hall–Kier alpha value is -1.91. The standard InChI is InChI=1S/C18H17BrN2O/c1-21(12-14-7-9-16(19)10-8-14)13-18-20-11-17(22-18)15-5-3-2-4-6-15/h2-11H,12-13H2,1H3. The zero-order valence-electron chi connectivity index (χ0n) is 12.4. The van der Waals surface area contributed by atoms with Gasteiger partial charge in [-0.25, -0.2) is 4.98 Å². The Balaban J connectivity index is 1.63. The lowest BCUT2D eigenvalue weighted by Gasteiger charge is -2.14. The number of rotatable bonds is 5. The molecular weight excluding hydrogens is 340 g/mol. The second-order valence-electron chi connectivity index (χ2n) is 5.28. The first kappa shape index (κ1) is 15.0. The van der Waals surface area contributed by atoms with Gasteiger partial charge in [-0.15, -0.1) is 0 Å². The van der Waals surface area contributed by atoms with Crippen LogP contribution in [0.5, 0.6) is 0 Å². The smallest absolute Gasteiger partial charge is 0.209 e. The molecule has 3 nitrogen and oxygen atoms in total. The van der Waals surface area contributed by atoms with E-state index in [0.29, 0.717) is 6.54 Å². The highest BCUT2D eigenvalue weighted by atomic mass is 79.9. The first-order valence-electron chi connectivity index (χ1n) is 7.14. The van der Waals surface area contributed by atoms with E-state index >= 15 is 0 Å². The molecule has 0 aliphatic carbocycles. The van der Waals surface area contributed by atoms with Crippen molar-refractivity contribution < 1.29 is 4.42 Å². The highest BCUT2D eigenvalue weighted by molar-refractivity contribution is 9.10. The molecule has 112 valence electrons. The summed E-state index contributed by atoms with van der Waals surface area (Å²) in [6.45, 7) is 1.54. The van der Waals surface area contributed by atoms with Gasteiger partial charge in [0.15, 0.2) is 5.76 Å². The number of hydrogen-bond donors (Lipinski definition) is 0. The molecule has 0 spiro atoms. The summed E-state index contributed by atoms with van der Waals surface area (Å²) in [5.74, 6) is 1.55. The lowest BCUT2D eigenvalue weighted by atomic mass is 10.2. The Morgan fingerprint density at radius 1 is 1.00 bits per heavy atom. The van der Waals surface area contributed by atoms with Crippen molar-refractivity contribution in [1.29, 1.82) is 0 Å². The maximum absolute atomic E-state index is 5.84. The Labute approximate surface area is 138 Å². The minimum atomic E-state index is 0.683. The van der Waals surface area contributed by atoms with Crippen LogP contribution < -0.4 is 0 Å². The van der Waals surface area contributed by atoms with Gasteiger partial charge in [0.25, 0.3) is 0 Å². The normalized spacial score (nSPS) is 11.0. The largest absolute Gasteiger partial charge is 0.439 e. The van der Waals surface area contributed by atoms with Gasteiger partial charge in [0.2, 0.25) is 5.89 Å². The summed E-state index contributed by atoms with van der Waals surface area (Å²) >= 11 is 3.45. The first-order chi connectivity index (χ1) is 10.7. The second-order valence-corrected chi connectivity index (χ2v) is 6.20. The lowest BCUT2D eigenvalue weighted by Crippen LogP contribution is -2.17. The summed E-state index contributed by atoms with van der Waals surface area (Å²) in [4.78, 5) is 6.56. The van der Waals surface area contributed by atoms with Gasteiger partial charge in [-0.3, -0.25) is 4.90 Å². The van der Waals surface area contributed by atoms with E-state index in [1.165, 1.54) is 5.56 Å². The van der Waals surface area contributed by atoms with Crippen LogP contribution in [-0.2, 0) is 13.1 Å². The van der Waals surface area contributed by atoms with Crippen molar-refractivity contribution in [1.82, 2.24) is 9.88 Å². The average molecular weight is 357 g/mol. The molecular formula is C18H17BrN2O. The quantitative estimate of drug-likeness (QED) is 0.661. The molecule has 3 rings (SSSR count). The SMILES string of the molecule is CN(Cc1ccc(Br)cc1)Cc1ncc(-c2ccccc2)o1. The number of halogens is 1. The van der Waals surface area contributed by atoms with Crippen molar-refractivity contribution in [3.8, 4) is 11.3 Å². The predicted molar refractivity (Wildman–Crippen MR) is 91.3 cm³/mol. The summed E-state index contributed by atoms with van der Waals surface area (Å²) < 4.78 is 6.93. The number of hydrogen-bond acceptors (Lipinski definition) is 3. The molecule has 0 saturated carbocycles. The Bertz CT molecular complexity index is 722. The fourth-order valence-electron chi connectivity index (χ4n) is 2.31. The second kappa shape index (κ2) is 6.90. The molecule has 0 aliphatic heterocycles. The third-order valence-electron chi connectivity index (χ3n) is 3.38. The fraction of sp³-hybridized carbons (Fsp3) is 0.167. The van der Waals surface area contributed by atoms with Crippen LogP contribution in [0.2, 0.25) is 0 Å². The van der Waals surface area contributed by atoms with Crippen molar-refractivity contribution in [2.24, 2.45) is 0 Å². The van der Waals surface area contributed by atoms with Gasteiger partial charge in [-0.05, 0) is 24.7 Å². The van der Waals surface area contributed by atoms with Gasteiger partial charge >= 0.3 is 0 Å². The molecule has 0 N–H and O–H groups in total. The molecule has 0 saturated heterocycles. The third kappa shape index (κ3) is 3.84. The zero-order chi connectivity index (χ0) is 15.4. The van der Waals surface area contributed by atoms with Crippen LogP contribution in [0.25, 0.3) is 11.3 Å². The Morgan fingerprint density at radius 2 is 1.73 bits per heavy atom. The van der Waals surface area contributed by atoms with Crippen LogP contribution >= 0.6 is 15.9 Å². The average Bonchev–Trinajstić information content (AvgIpc) is 2.99. The van der Waals surface area contributed by atoms with E-state index in [4.69, 9.17) is 4.42 Å². The summed E-state index contributed by atoms with van der Waals surface area (Å²) in [7, 11) is 2.06. The minimum Gasteiger partial charge on any atom is -0.439 e. The highest BCUT2D eigenvalue weighted by Gasteiger charge is 2.09. The van der Waals surface area contributed by atoms with E-state index in [9.17, 15) is 0 Å². The van der Waals surface area contributed by atoms with Crippen LogP contribution in [0, 0.1) is 0 Å². The minimum absolute atomic E-state index is 0.683. The Kier molecular flexibility index (Phi) is 4.71. The molecule has 3 aromatic rings. The summed E-state index contributed by atoms with van der Waals surface area (Å²) in [5.41, 5.74) is 2.32. The van der Waals surface area contributed by atoms with Crippen LogP contribution in [0.3, 0.4) is 0 Å². The molecule has 0 amide bonds. The highest BCUT2D eigenvalue weighted by Crippen LogP contribution is 2.20. The van der Waals surface area contributed by atoms with Crippen molar-refractivity contribution in [2.75, 3.05) is 7.05 Å². The Morgan fingerprint density at radius 3 is 2.45 bits per heavy atom. The topological polar surface area (TPSA) is 29.3 Å². The van der Waals surface area contributed by atoms with Crippen LogP contribution in [0.1, 0.15) is 11.5 Å². The number of aromatic nitrogens is 1. The van der Waals surface area contributed by atoms with Crippen LogP contribution in [-0.4, -0.2) is 16.9 Å². The third-order valence-corrected chi connectivity index (χ3v) is 3.91. The molecule has 0 fully saturated rings. The van der Waals surface area contributed by atoms with Gasteiger partial charge in [-0.1, -0.05) is 58.4 Å². The summed E-state index contributed by atoms with van der Waals surface area (Å²) in [6.07, 6.45) is 1.79. The van der Waals surface area contributed by atoms with Crippen molar-refractivity contribution in [3.05, 3.63) is 76.7 Å². The number of oxazole rings is 1. The monoisotopic (exact) mass is 356 g/mol. The van der Waals surface area contributed by atoms with E-state index in [1.807, 2.05) is 30.3 Å². The van der Waals surface area contributed by atoms with E-state index in [1.54, 1.807) is 6.20 Å². The summed E-state index contributed by atoms with van der Waals surface area (Å²) in [6, 6.07) is 18.4. The lowest BCUT2D eigenvalue weighted by molar-refractivity contribution is 0.283. The molecule has 0 aliphatic rings. The van der Waals surface area contributed by atoms with Crippen molar-refractivity contribution >= 4 is 15.9 Å². The van der Waals surface area contributed by atoms with E-state index in [2.05, 4.69) is 57.1 Å². The van der Waals surface area contributed by atoms with Gasteiger partial charge in [0.05, 0.1) is 12.7 Å². The van der Waals surface area contributed by atoms with E-state index in [0.717, 1.165) is 28.2 Å². The molecule has 1 heterocycles. The molecule has 4 heteroatoms. The number of benzene rings is 2. The fourth-order valence-corrected chi connectivity index (χ4v) is 2.57. The zero-order valence-corrected chi connectivity index (χ0v) is 14.0. The van der Waals surface area contributed by atoms with Crippen LogP contribution in [0.15, 0.2) is 69.7 Å². The van der Waals surface area contributed by atoms with Crippen molar-refractivity contribution in [2.45, 2.75) is 13.1 Å². The van der Waals surface area contributed by atoms with Gasteiger partial charge in [0.1, 0.15) is 0 Å². The molecule has 2 aromatic carbocycles. The maximum atomic E-state index is 5.84. The van der Waals surface area contributed by atoms with Gasteiger partial charge in [0, 0.05) is 16.6 Å². The summed E-state index contributed by atoms with van der Waals surface area (Å²) in [5, 5.41) is 0. The predicted octanol–water partition coefficient (Wildman–Crippen LogP) is 4.74. The molecule has 0 atom stereocenters. The van der Waals surface area contributed by atoms with E-state index in [-0.39, 0.29) is 0 Å². The van der Waals surface area contributed by atoms with Gasteiger partial charge in [-0.2, -0.15) is 0 Å². The number of nitrogens with zero attached hydrogens (tertiary/aromatic N) is 2. The van der Waals surface area contributed by atoms with Gasteiger partial charge < -0.3 is 4.42 Å². The first-order valence-corrected chi connectivity index (χ1v) is 7.93. The van der Waals surface area contributed by atoms with Crippen molar-refractivity contribution in [3.63, 3.8) is 0 Å². The van der Waals surface area contributed by atoms with Crippen LogP contribution in [0.4, 0.5) is 0 Å². The maximum Gasteiger partial charge on any atom is 0.209 e.